The van der Waals surface area contributed by atoms with Crippen LogP contribution in [0.5, 0.6) is 0 Å². The highest BCUT2D eigenvalue weighted by atomic mass is 32.1. The van der Waals surface area contributed by atoms with Crippen LogP contribution in [0.3, 0.4) is 0 Å². The SMILES string of the molecule is O=C(O)Cc1nnc(NC(=O)c2ccc(C(F)(F)F)cc2)s1. The lowest BCUT2D eigenvalue weighted by atomic mass is 10.1. The van der Waals surface area contributed by atoms with E-state index >= 15 is 0 Å². The van der Waals surface area contributed by atoms with Gasteiger partial charge in [-0.2, -0.15) is 13.2 Å². The van der Waals surface area contributed by atoms with Gasteiger partial charge in [0.1, 0.15) is 5.01 Å². The van der Waals surface area contributed by atoms with Gasteiger partial charge >= 0.3 is 12.1 Å². The smallest absolute Gasteiger partial charge is 0.416 e. The number of hydrogen-bond donors (Lipinski definition) is 2. The number of amides is 1. The van der Waals surface area contributed by atoms with Gasteiger partial charge in [-0.05, 0) is 24.3 Å². The Balaban J connectivity index is 2.06. The molecule has 0 unspecified atom stereocenters. The molecular weight excluding hydrogens is 323 g/mol. The van der Waals surface area contributed by atoms with E-state index < -0.39 is 23.6 Å². The molecule has 1 heterocycles. The number of anilines is 1. The molecule has 0 aliphatic heterocycles. The Morgan fingerprint density at radius 3 is 2.36 bits per heavy atom. The summed E-state index contributed by atoms with van der Waals surface area (Å²) < 4.78 is 37.2. The Morgan fingerprint density at radius 1 is 1.18 bits per heavy atom. The molecule has 0 fully saturated rings. The molecule has 0 saturated carbocycles. The molecular formula is C12H8F3N3O3S. The monoisotopic (exact) mass is 331 g/mol. The van der Waals surface area contributed by atoms with E-state index in [-0.39, 0.29) is 22.1 Å². The lowest BCUT2D eigenvalue weighted by Crippen LogP contribution is -2.12. The second kappa shape index (κ2) is 6.10. The number of nitrogens with zero attached hydrogens (tertiary/aromatic N) is 2. The van der Waals surface area contributed by atoms with Crippen molar-refractivity contribution < 1.29 is 27.9 Å². The van der Waals surface area contributed by atoms with Crippen molar-refractivity contribution in [2.75, 3.05) is 5.32 Å². The predicted octanol–water partition coefficient (Wildman–Crippen LogP) is 2.44. The van der Waals surface area contributed by atoms with Gasteiger partial charge in [-0.3, -0.25) is 14.9 Å². The quantitative estimate of drug-likeness (QED) is 0.898. The van der Waals surface area contributed by atoms with Crippen LogP contribution in [0.25, 0.3) is 0 Å². The number of rotatable bonds is 4. The number of nitrogens with one attached hydrogen (secondary N) is 1. The highest BCUT2D eigenvalue weighted by Gasteiger charge is 2.30. The van der Waals surface area contributed by atoms with E-state index in [1.54, 1.807) is 0 Å². The summed E-state index contributed by atoms with van der Waals surface area (Å²) in [6.45, 7) is 0. The number of aromatic nitrogens is 2. The van der Waals surface area contributed by atoms with Gasteiger partial charge in [-0.15, -0.1) is 10.2 Å². The van der Waals surface area contributed by atoms with Crippen molar-refractivity contribution in [1.29, 1.82) is 0 Å². The maximum Gasteiger partial charge on any atom is 0.416 e. The van der Waals surface area contributed by atoms with Crippen molar-refractivity contribution in [3.63, 3.8) is 0 Å². The predicted molar refractivity (Wildman–Crippen MR) is 70.6 cm³/mol. The van der Waals surface area contributed by atoms with Gasteiger partial charge in [-0.1, -0.05) is 11.3 Å². The minimum Gasteiger partial charge on any atom is -0.481 e. The van der Waals surface area contributed by atoms with Crippen LogP contribution in [0, 0.1) is 0 Å². The zero-order valence-electron chi connectivity index (χ0n) is 10.7. The van der Waals surface area contributed by atoms with Gasteiger partial charge in [0.2, 0.25) is 5.13 Å². The van der Waals surface area contributed by atoms with E-state index in [9.17, 15) is 22.8 Å². The van der Waals surface area contributed by atoms with Gasteiger partial charge in [0.25, 0.3) is 5.91 Å². The fourth-order valence-electron chi connectivity index (χ4n) is 1.48. The summed E-state index contributed by atoms with van der Waals surface area (Å²) in [5, 5.41) is 18.4. The van der Waals surface area contributed by atoms with Crippen molar-refractivity contribution in [3.8, 4) is 0 Å². The first kappa shape index (κ1) is 15.9. The summed E-state index contributed by atoms with van der Waals surface area (Å²) in [5.74, 6) is -1.75. The zero-order chi connectivity index (χ0) is 16.3. The van der Waals surface area contributed by atoms with Gasteiger partial charge in [0.05, 0.1) is 12.0 Å². The lowest BCUT2D eigenvalue weighted by molar-refractivity contribution is -0.138. The van der Waals surface area contributed by atoms with Crippen molar-refractivity contribution >= 4 is 28.3 Å². The molecule has 1 aromatic carbocycles. The fraction of sp³-hybridized carbons (Fsp3) is 0.167. The summed E-state index contributed by atoms with van der Waals surface area (Å²) >= 11 is 0.877. The molecule has 2 rings (SSSR count). The molecule has 0 aliphatic rings. The molecule has 0 aliphatic carbocycles. The number of carbonyl (C=O) groups excluding carboxylic acids is 1. The van der Waals surface area contributed by atoms with Crippen molar-refractivity contribution in [2.45, 2.75) is 12.6 Å². The molecule has 2 aromatic rings. The van der Waals surface area contributed by atoms with E-state index in [1.807, 2.05) is 0 Å². The average Bonchev–Trinajstić information content (AvgIpc) is 2.84. The van der Waals surface area contributed by atoms with E-state index in [0.717, 1.165) is 35.6 Å². The third kappa shape index (κ3) is 4.01. The van der Waals surface area contributed by atoms with Crippen LogP contribution < -0.4 is 5.32 Å². The molecule has 10 heteroatoms. The summed E-state index contributed by atoms with van der Waals surface area (Å²) in [5.41, 5.74) is -0.841. The Morgan fingerprint density at radius 2 is 1.82 bits per heavy atom. The van der Waals surface area contributed by atoms with E-state index in [1.165, 1.54) is 0 Å². The van der Waals surface area contributed by atoms with E-state index in [2.05, 4.69) is 15.5 Å². The van der Waals surface area contributed by atoms with Gasteiger partial charge in [0.15, 0.2) is 0 Å². The number of carbonyl (C=O) groups is 2. The molecule has 0 radical (unpaired) electrons. The Kier molecular flexibility index (Phi) is 4.40. The molecule has 22 heavy (non-hydrogen) atoms. The van der Waals surface area contributed by atoms with Crippen LogP contribution in [0.1, 0.15) is 20.9 Å². The zero-order valence-corrected chi connectivity index (χ0v) is 11.5. The highest BCUT2D eigenvalue weighted by molar-refractivity contribution is 7.15. The number of hydrogen-bond acceptors (Lipinski definition) is 5. The van der Waals surface area contributed by atoms with Crippen LogP contribution in [-0.4, -0.2) is 27.2 Å². The maximum absolute atomic E-state index is 12.4. The number of alkyl halides is 3. The van der Waals surface area contributed by atoms with Crippen LogP contribution >= 0.6 is 11.3 Å². The van der Waals surface area contributed by atoms with Crippen LogP contribution in [-0.2, 0) is 17.4 Å². The second-order valence-electron chi connectivity index (χ2n) is 4.10. The van der Waals surface area contributed by atoms with Crippen molar-refractivity contribution in [2.24, 2.45) is 0 Å². The lowest BCUT2D eigenvalue weighted by Gasteiger charge is -2.07. The van der Waals surface area contributed by atoms with Crippen LogP contribution in [0.4, 0.5) is 18.3 Å². The molecule has 0 saturated heterocycles. The summed E-state index contributed by atoms with van der Waals surface area (Å²) in [6.07, 6.45) is -4.80. The van der Waals surface area contributed by atoms with Gasteiger partial charge in [-0.25, -0.2) is 0 Å². The first-order chi connectivity index (χ1) is 10.3. The Hall–Kier alpha value is -2.49. The number of aliphatic carboxylic acids is 1. The molecule has 2 N–H and O–H groups in total. The molecule has 1 amide bonds. The largest absolute Gasteiger partial charge is 0.481 e. The number of benzene rings is 1. The summed E-state index contributed by atoms with van der Waals surface area (Å²) in [6, 6.07) is 3.67. The molecule has 6 nitrogen and oxygen atoms in total. The minimum atomic E-state index is -4.47. The molecule has 0 bridgehead atoms. The average molecular weight is 331 g/mol. The first-order valence-electron chi connectivity index (χ1n) is 5.78. The fourth-order valence-corrected chi connectivity index (χ4v) is 2.21. The Bertz CT molecular complexity index is 698. The summed E-state index contributed by atoms with van der Waals surface area (Å²) in [4.78, 5) is 22.3. The number of carboxylic acid groups (broad SMARTS) is 1. The van der Waals surface area contributed by atoms with Gasteiger partial charge < -0.3 is 5.11 Å². The number of halogens is 3. The Labute approximate surface area is 125 Å². The third-order valence-electron chi connectivity index (χ3n) is 2.46. The molecule has 116 valence electrons. The van der Waals surface area contributed by atoms with E-state index in [4.69, 9.17) is 5.11 Å². The summed E-state index contributed by atoms with van der Waals surface area (Å²) in [7, 11) is 0. The maximum atomic E-state index is 12.4. The van der Waals surface area contributed by atoms with Crippen molar-refractivity contribution in [1.82, 2.24) is 10.2 Å². The first-order valence-corrected chi connectivity index (χ1v) is 6.60. The molecule has 0 atom stereocenters. The van der Waals surface area contributed by atoms with Crippen LogP contribution in [0.15, 0.2) is 24.3 Å². The van der Waals surface area contributed by atoms with Crippen molar-refractivity contribution in [3.05, 3.63) is 40.4 Å². The minimum absolute atomic E-state index is 0.0167. The normalized spacial score (nSPS) is 11.2. The highest BCUT2D eigenvalue weighted by Crippen LogP contribution is 2.29. The van der Waals surface area contributed by atoms with Gasteiger partial charge in [0, 0.05) is 5.56 Å². The van der Waals surface area contributed by atoms with Crippen LogP contribution in [0.2, 0.25) is 0 Å². The topological polar surface area (TPSA) is 92.2 Å². The standard InChI is InChI=1S/C12H8F3N3O3S/c13-12(14,15)7-3-1-6(2-4-7)10(21)16-11-18-17-8(22-11)5-9(19)20/h1-4H,5H2,(H,19,20)(H,16,18,21). The third-order valence-corrected chi connectivity index (χ3v) is 3.30. The number of carboxylic acids is 1. The molecule has 1 aromatic heterocycles. The molecule has 0 spiro atoms. The van der Waals surface area contributed by atoms with E-state index in [0.29, 0.717) is 0 Å². The second-order valence-corrected chi connectivity index (χ2v) is 5.16.